The minimum atomic E-state index is -0.475. The first-order valence-electron chi connectivity index (χ1n) is 6.49. The van der Waals surface area contributed by atoms with Crippen LogP contribution in [0.5, 0.6) is 0 Å². The molecule has 5 heteroatoms. The van der Waals surface area contributed by atoms with E-state index < -0.39 is 4.92 Å². The second-order valence-corrected chi connectivity index (χ2v) is 5.35. The summed E-state index contributed by atoms with van der Waals surface area (Å²) < 4.78 is 0. The van der Waals surface area contributed by atoms with Crippen molar-refractivity contribution in [2.24, 2.45) is 5.92 Å². The molecule has 0 bridgehead atoms. The van der Waals surface area contributed by atoms with Crippen molar-refractivity contribution < 1.29 is 9.72 Å². The fraction of sp³-hybridized carbons (Fsp3) is 0.500. The van der Waals surface area contributed by atoms with Crippen LogP contribution in [0.3, 0.4) is 0 Å². The summed E-state index contributed by atoms with van der Waals surface area (Å²) in [4.78, 5) is 24.5. The fourth-order valence-corrected chi connectivity index (χ4v) is 2.68. The SMILES string of the molecule is CC1CC(C)N(CC(=O)c2cccc([N+](=O)[O-])c2)C1. The molecule has 0 spiro atoms. The lowest BCUT2D eigenvalue weighted by molar-refractivity contribution is -0.384. The van der Waals surface area contributed by atoms with Crippen LogP contribution in [0.2, 0.25) is 0 Å². The normalized spacial score (nSPS) is 23.5. The van der Waals surface area contributed by atoms with Gasteiger partial charge in [0.05, 0.1) is 11.5 Å². The highest BCUT2D eigenvalue weighted by Gasteiger charge is 2.27. The second-order valence-electron chi connectivity index (χ2n) is 5.35. The van der Waals surface area contributed by atoms with Gasteiger partial charge < -0.3 is 0 Å². The Balaban J connectivity index is 2.08. The van der Waals surface area contributed by atoms with Gasteiger partial charge in [-0.15, -0.1) is 0 Å². The van der Waals surface area contributed by atoms with Gasteiger partial charge in [-0.2, -0.15) is 0 Å². The molecule has 1 heterocycles. The van der Waals surface area contributed by atoms with E-state index in [1.807, 2.05) is 0 Å². The molecule has 5 nitrogen and oxygen atoms in total. The van der Waals surface area contributed by atoms with Gasteiger partial charge in [-0.25, -0.2) is 0 Å². The third kappa shape index (κ3) is 3.17. The highest BCUT2D eigenvalue weighted by Crippen LogP contribution is 2.22. The third-order valence-corrected chi connectivity index (χ3v) is 3.64. The molecule has 2 unspecified atom stereocenters. The van der Waals surface area contributed by atoms with Gasteiger partial charge in [0.1, 0.15) is 0 Å². The van der Waals surface area contributed by atoms with E-state index in [1.165, 1.54) is 12.1 Å². The Kier molecular flexibility index (Phi) is 3.95. The molecule has 102 valence electrons. The van der Waals surface area contributed by atoms with Crippen molar-refractivity contribution in [2.75, 3.05) is 13.1 Å². The minimum absolute atomic E-state index is 0.0336. The molecule has 0 N–H and O–H groups in total. The molecular weight excluding hydrogens is 244 g/mol. The number of benzene rings is 1. The van der Waals surface area contributed by atoms with E-state index in [1.54, 1.807) is 12.1 Å². The first-order valence-corrected chi connectivity index (χ1v) is 6.49. The molecule has 1 aromatic rings. The van der Waals surface area contributed by atoms with Gasteiger partial charge in [-0.3, -0.25) is 19.8 Å². The predicted molar refractivity (Wildman–Crippen MR) is 72.2 cm³/mol. The Morgan fingerprint density at radius 1 is 1.47 bits per heavy atom. The number of nitro benzene ring substituents is 1. The van der Waals surface area contributed by atoms with Gasteiger partial charge in [0, 0.05) is 30.3 Å². The average molecular weight is 262 g/mol. The number of hydrogen-bond acceptors (Lipinski definition) is 4. The average Bonchev–Trinajstić information content (AvgIpc) is 2.68. The van der Waals surface area contributed by atoms with Crippen molar-refractivity contribution in [1.29, 1.82) is 0 Å². The Bertz CT molecular complexity index is 501. The highest BCUT2D eigenvalue weighted by molar-refractivity contribution is 5.98. The summed E-state index contributed by atoms with van der Waals surface area (Å²) in [5.41, 5.74) is 0.384. The summed E-state index contributed by atoms with van der Waals surface area (Å²) in [5, 5.41) is 10.7. The number of Topliss-reactive ketones (excluding diaryl/α,β-unsaturated/α-hetero) is 1. The fourth-order valence-electron chi connectivity index (χ4n) is 2.68. The summed E-state index contributed by atoms with van der Waals surface area (Å²) in [6, 6.07) is 6.35. The van der Waals surface area contributed by atoms with Gasteiger partial charge in [0.2, 0.25) is 0 Å². The molecule has 2 atom stereocenters. The molecule has 0 saturated carbocycles. The van der Waals surface area contributed by atoms with Crippen molar-refractivity contribution in [1.82, 2.24) is 4.90 Å². The lowest BCUT2D eigenvalue weighted by Crippen LogP contribution is -2.32. The van der Waals surface area contributed by atoms with E-state index in [0.29, 0.717) is 24.1 Å². The van der Waals surface area contributed by atoms with Crippen LogP contribution in [0, 0.1) is 16.0 Å². The smallest absolute Gasteiger partial charge is 0.270 e. The lowest BCUT2D eigenvalue weighted by atomic mass is 10.1. The van der Waals surface area contributed by atoms with Crippen LogP contribution >= 0.6 is 0 Å². The van der Waals surface area contributed by atoms with Crippen LogP contribution in [-0.4, -0.2) is 34.7 Å². The van der Waals surface area contributed by atoms with Crippen molar-refractivity contribution in [3.05, 3.63) is 39.9 Å². The minimum Gasteiger partial charge on any atom is -0.293 e. The molecule has 1 fully saturated rings. The maximum Gasteiger partial charge on any atom is 0.270 e. The number of nitrogens with zero attached hydrogens (tertiary/aromatic N) is 2. The third-order valence-electron chi connectivity index (χ3n) is 3.64. The first-order chi connectivity index (χ1) is 8.97. The van der Waals surface area contributed by atoms with Gasteiger partial charge in [0.15, 0.2) is 5.78 Å². The summed E-state index contributed by atoms with van der Waals surface area (Å²) >= 11 is 0. The van der Waals surface area contributed by atoms with Crippen LogP contribution in [0.25, 0.3) is 0 Å². The van der Waals surface area contributed by atoms with E-state index in [9.17, 15) is 14.9 Å². The van der Waals surface area contributed by atoms with Crippen molar-refractivity contribution in [3.8, 4) is 0 Å². The highest BCUT2D eigenvalue weighted by atomic mass is 16.6. The molecule has 1 aliphatic heterocycles. The van der Waals surface area contributed by atoms with E-state index in [4.69, 9.17) is 0 Å². The number of carbonyl (C=O) groups excluding carboxylic acids is 1. The largest absolute Gasteiger partial charge is 0.293 e. The number of ketones is 1. The molecule has 0 aromatic heterocycles. The summed E-state index contributed by atoms with van der Waals surface area (Å²) in [5.74, 6) is 0.553. The monoisotopic (exact) mass is 262 g/mol. The molecule has 19 heavy (non-hydrogen) atoms. The number of nitro groups is 1. The maximum absolute atomic E-state index is 12.2. The quantitative estimate of drug-likeness (QED) is 0.475. The number of non-ortho nitro benzene ring substituents is 1. The van der Waals surface area contributed by atoms with Crippen LogP contribution < -0.4 is 0 Å². The molecular formula is C14H18N2O3. The maximum atomic E-state index is 12.2. The van der Waals surface area contributed by atoms with Crippen LogP contribution in [0.15, 0.2) is 24.3 Å². The molecule has 1 saturated heterocycles. The summed E-state index contributed by atoms with van der Waals surface area (Å²) in [6.07, 6.45) is 1.10. The Hall–Kier alpha value is -1.75. The molecule has 0 radical (unpaired) electrons. The Morgan fingerprint density at radius 3 is 2.79 bits per heavy atom. The van der Waals surface area contributed by atoms with Gasteiger partial charge >= 0.3 is 0 Å². The van der Waals surface area contributed by atoms with Crippen LogP contribution in [-0.2, 0) is 0 Å². The number of likely N-dealkylation sites (tertiary alicyclic amines) is 1. The standard InChI is InChI=1S/C14H18N2O3/c1-10-6-11(2)15(8-10)9-14(17)12-4-3-5-13(7-12)16(18)19/h3-5,7,10-11H,6,8-9H2,1-2H3. The molecule has 1 aliphatic rings. The van der Waals surface area contributed by atoms with E-state index in [0.717, 1.165) is 13.0 Å². The molecule has 1 aromatic carbocycles. The number of hydrogen-bond donors (Lipinski definition) is 0. The van der Waals surface area contributed by atoms with E-state index in [2.05, 4.69) is 18.7 Å². The molecule has 0 aliphatic carbocycles. The van der Waals surface area contributed by atoms with Crippen molar-refractivity contribution in [3.63, 3.8) is 0 Å². The zero-order valence-electron chi connectivity index (χ0n) is 11.2. The second kappa shape index (κ2) is 5.48. The van der Waals surface area contributed by atoms with E-state index >= 15 is 0 Å². The first kappa shape index (κ1) is 13.7. The zero-order chi connectivity index (χ0) is 14.0. The molecule has 2 rings (SSSR count). The van der Waals surface area contributed by atoms with E-state index in [-0.39, 0.29) is 11.5 Å². The topological polar surface area (TPSA) is 63.5 Å². The Labute approximate surface area is 112 Å². The zero-order valence-corrected chi connectivity index (χ0v) is 11.2. The lowest BCUT2D eigenvalue weighted by Gasteiger charge is -2.19. The van der Waals surface area contributed by atoms with Gasteiger partial charge in [-0.05, 0) is 19.3 Å². The summed E-state index contributed by atoms with van der Waals surface area (Å²) in [6.45, 7) is 5.55. The number of rotatable bonds is 4. The van der Waals surface area contributed by atoms with Gasteiger partial charge in [0.25, 0.3) is 5.69 Å². The summed E-state index contributed by atoms with van der Waals surface area (Å²) in [7, 11) is 0. The van der Waals surface area contributed by atoms with Gasteiger partial charge in [-0.1, -0.05) is 19.1 Å². The van der Waals surface area contributed by atoms with Crippen LogP contribution in [0.1, 0.15) is 30.6 Å². The number of carbonyl (C=O) groups is 1. The van der Waals surface area contributed by atoms with Crippen molar-refractivity contribution in [2.45, 2.75) is 26.3 Å². The van der Waals surface area contributed by atoms with Crippen LogP contribution in [0.4, 0.5) is 5.69 Å². The molecule has 0 amide bonds. The Morgan fingerprint density at radius 2 is 2.21 bits per heavy atom. The van der Waals surface area contributed by atoms with Crippen molar-refractivity contribution >= 4 is 11.5 Å². The predicted octanol–water partition coefficient (Wildman–Crippen LogP) is 2.51.